The lowest BCUT2D eigenvalue weighted by atomic mass is 9.88. The summed E-state index contributed by atoms with van der Waals surface area (Å²) in [4.78, 5) is 33.9. The number of para-hydroxylation sites is 1. The number of hydrogen-bond acceptors (Lipinski definition) is 4. The number of aryl methyl sites for hydroxylation is 1. The quantitative estimate of drug-likeness (QED) is 0.617. The summed E-state index contributed by atoms with van der Waals surface area (Å²) < 4.78 is 13.3. The maximum Gasteiger partial charge on any atom is 0.266 e. The van der Waals surface area contributed by atoms with E-state index in [1.165, 1.54) is 24.3 Å². The van der Waals surface area contributed by atoms with Crippen LogP contribution in [0.5, 0.6) is 0 Å². The number of carbonyl (C=O) groups is 2. The van der Waals surface area contributed by atoms with Gasteiger partial charge in [-0.05, 0) is 54.4 Å². The summed E-state index contributed by atoms with van der Waals surface area (Å²) in [6.45, 7) is 1.98. The number of imide groups is 1. The van der Waals surface area contributed by atoms with E-state index in [1.807, 2.05) is 61.5 Å². The van der Waals surface area contributed by atoms with E-state index in [1.54, 1.807) is 5.06 Å². The predicted octanol–water partition coefficient (Wildman–Crippen LogP) is 4.19. The molecule has 0 spiro atoms. The van der Waals surface area contributed by atoms with Crippen molar-refractivity contribution in [3.8, 4) is 0 Å². The van der Waals surface area contributed by atoms with Crippen molar-refractivity contribution in [1.29, 1.82) is 0 Å². The molecule has 3 aromatic carbocycles. The SMILES string of the molecule is Cc1ccccc1[C@H]1[C@H]2C(=O)N(c3ccc(F)cc3)C(=O)[C@H]2ON1c1ccccc1. The zero-order valence-electron chi connectivity index (χ0n) is 16.2. The fraction of sp³-hybridized carbons (Fsp3) is 0.167. The monoisotopic (exact) mass is 402 g/mol. The fourth-order valence-corrected chi connectivity index (χ4v) is 4.29. The van der Waals surface area contributed by atoms with Gasteiger partial charge in [0.25, 0.3) is 5.91 Å². The van der Waals surface area contributed by atoms with Gasteiger partial charge in [-0.25, -0.2) is 14.4 Å². The molecule has 0 aromatic heterocycles. The molecule has 0 aliphatic carbocycles. The molecule has 2 saturated heterocycles. The van der Waals surface area contributed by atoms with Crippen molar-refractivity contribution >= 4 is 23.2 Å². The molecule has 0 radical (unpaired) electrons. The molecule has 6 heteroatoms. The van der Waals surface area contributed by atoms with Crippen LogP contribution in [0.25, 0.3) is 0 Å². The van der Waals surface area contributed by atoms with Gasteiger partial charge < -0.3 is 0 Å². The van der Waals surface area contributed by atoms with Crippen LogP contribution in [-0.2, 0) is 14.4 Å². The van der Waals surface area contributed by atoms with E-state index in [-0.39, 0.29) is 5.91 Å². The fourth-order valence-electron chi connectivity index (χ4n) is 4.29. The van der Waals surface area contributed by atoms with Crippen LogP contribution >= 0.6 is 0 Å². The van der Waals surface area contributed by atoms with E-state index in [0.717, 1.165) is 21.7 Å². The van der Waals surface area contributed by atoms with Crippen LogP contribution in [0.3, 0.4) is 0 Å². The average molecular weight is 402 g/mol. The highest BCUT2D eigenvalue weighted by molar-refractivity contribution is 6.23. The van der Waals surface area contributed by atoms with Crippen LogP contribution in [0, 0.1) is 18.7 Å². The molecule has 2 fully saturated rings. The Kier molecular flexibility index (Phi) is 4.37. The number of benzene rings is 3. The number of halogens is 1. The molecule has 3 aromatic rings. The summed E-state index contributed by atoms with van der Waals surface area (Å²) in [5.41, 5.74) is 3.05. The standard InChI is InChI=1S/C24H19FN2O3/c1-15-7-5-6-10-19(15)21-20-22(30-27(21)18-8-3-2-4-9-18)24(29)26(23(20)28)17-13-11-16(25)12-14-17/h2-14,20-22H,1H3/t20-,21+,22+/m1/s1. The first-order chi connectivity index (χ1) is 14.6. The van der Waals surface area contributed by atoms with Gasteiger partial charge in [0.15, 0.2) is 6.10 Å². The third-order valence-electron chi connectivity index (χ3n) is 5.72. The van der Waals surface area contributed by atoms with Crippen LogP contribution < -0.4 is 9.96 Å². The van der Waals surface area contributed by atoms with Gasteiger partial charge >= 0.3 is 0 Å². The molecular weight excluding hydrogens is 383 g/mol. The Morgan fingerprint density at radius 3 is 2.17 bits per heavy atom. The topological polar surface area (TPSA) is 49.9 Å². The molecule has 2 aliphatic rings. The van der Waals surface area contributed by atoms with Crippen LogP contribution in [0.2, 0.25) is 0 Å². The zero-order valence-corrected chi connectivity index (χ0v) is 16.2. The van der Waals surface area contributed by atoms with Crippen molar-refractivity contribution < 1.29 is 18.8 Å². The molecule has 0 bridgehead atoms. The van der Waals surface area contributed by atoms with Gasteiger partial charge in [0.1, 0.15) is 11.7 Å². The molecular formula is C24H19FN2O3. The van der Waals surface area contributed by atoms with Crippen molar-refractivity contribution in [3.63, 3.8) is 0 Å². The molecule has 2 aliphatic heterocycles. The Labute approximate surface area is 173 Å². The normalized spacial score (nSPS) is 23.2. The molecule has 30 heavy (non-hydrogen) atoms. The molecule has 0 saturated carbocycles. The first-order valence-electron chi connectivity index (χ1n) is 9.76. The summed E-state index contributed by atoms with van der Waals surface area (Å²) in [5.74, 6) is -1.91. The lowest BCUT2D eigenvalue weighted by Gasteiger charge is -2.29. The predicted molar refractivity (Wildman–Crippen MR) is 110 cm³/mol. The van der Waals surface area contributed by atoms with E-state index in [2.05, 4.69) is 0 Å². The third kappa shape index (κ3) is 2.80. The van der Waals surface area contributed by atoms with Gasteiger partial charge in [-0.2, -0.15) is 0 Å². The maximum absolute atomic E-state index is 13.5. The first-order valence-corrected chi connectivity index (χ1v) is 9.76. The van der Waals surface area contributed by atoms with Crippen molar-refractivity contribution in [2.75, 3.05) is 9.96 Å². The lowest BCUT2D eigenvalue weighted by molar-refractivity contribution is -0.126. The Balaban J connectivity index is 1.60. The van der Waals surface area contributed by atoms with Crippen LogP contribution in [0.1, 0.15) is 17.2 Å². The number of rotatable bonds is 3. The first kappa shape index (κ1) is 18.5. The summed E-state index contributed by atoms with van der Waals surface area (Å²) in [6, 6.07) is 22.1. The number of anilines is 2. The summed E-state index contributed by atoms with van der Waals surface area (Å²) in [7, 11) is 0. The second kappa shape index (κ2) is 7.07. The minimum Gasteiger partial charge on any atom is -0.273 e. The summed E-state index contributed by atoms with van der Waals surface area (Å²) in [6.07, 6.45) is -0.938. The van der Waals surface area contributed by atoms with Gasteiger partial charge in [0.2, 0.25) is 5.91 Å². The van der Waals surface area contributed by atoms with Gasteiger partial charge in [0, 0.05) is 0 Å². The third-order valence-corrected chi connectivity index (χ3v) is 5.72. The number of hydroxylamine groups is 1. The molecule has 0 unspecified atom stereocenters. The molecule has 2 heterocycles. The second-order valence-corrected chi connectivity index (χ2v) is 7.50. The molecule has 0 N–H and O–H groups in total. The largest absolute Gasteiger partial charge is 0.273 e. The van der Waals surface area contributed by atoms with Crippen LogP contribution in [0.15, 0.2) is 78.9 Å². The van der Waals surface area contributed by atoms with Gasteiger partial charge in [-0.15, -0.1) is 0 Å². The van der Waals surface area contributed by atoms with E-state index < -0.39 is 29.8 Å². The number of fused-ring (bicyclic) bond motifs is 1. The van der Waals surface area contributed by atoms with E-state index >= 15 is 0 Å². The van der Waals surface area contributed by atoms with Crippen LogP contribution in [0.4, 0.5) is 15.8 Å². The highest BCUT2D eigenvalue weighted by Gasteiger charge is 2.60. The average Bonchev–Trinajstić information content (AvgIpc) is 3.26. The molecule has 5 rings (SSSR count). The summed E-state index contributed by atoms with van der Waals surface area (Å²) >= 11 is 0. The Hall–Kier alpha value is -3.51. The van der Waals surface area contributed by atoms with Crippen molar-refractivity contribution in [2.24, 2.45) is 5.92 Å². The van der Waals surface area contributed by atoms with E-state index in [0.29, 0.717) is 5.69 Å². The number of hydrogen-bond donors (Lipinski definition) is 0. The van der Waals surface area contributed by atoms with Crippen molar-refractivity contribution in [2.45, 2.75) is 19.1 Å². The smallest absolute Gasteiger partial charge is 0.266 e. The van der Waals surface area contributed by atoms with E-state index in [9.17, 15) is 14.0 Å². The zero-order chi connectivity index (χ0) is 20.8. The van der Waals surface area contributed by atoms with Crippen molar-refractivity contribution in [3.05, 3.63) is 95.8 Å². The van der Waals surface area contributed by atoms with Crippen molar-refractivity contribution in [1.82, 2.24) is 0 Å². The number of nitrogens with zero attached hydrogens (tertiary/aromatic N) is 2. The molecule has 5 nitrogen and oxygen atoms in total. The molecule has 3 atom stereocenters. The van der Waals surface area contributed by atoms with E-state index in [4.69, 9.17) is 4.84 Å². The lowest BCUT2D eigenvalue weighted by Crippen LogP contribution is -2.37. The van der Waals surface area contributed by atoms with Crippen LogP contribution in [-0.4, -0.2) is 17.9 Å². The Bertz CT molecular complexity index is 1120. The Morgan fingerprint density at radius 2 is 1.47 bits per heavy atom. The minimum atomic E-state index is -0.938. The van der Waals surface area contributed by atoms with Gasteiger partial charge in [0.05, 0.1) is 17.4 Å². The number of amides is 2. The maximum atomic E-state index is 13.5. The minimum absolute atomic E-state index is 0.344. The van der Waals surface area contributed by atoms with Gasteiger partial charge in [-0.1, -0.05) is 42.5 Å². The summed E-state index contributed by atoms with van der Waals surface area (Å²) in [5, 5.41) is 1.68. The highest BCUT2D eigenvalue weighted by atomic mass is 19.1. The van der Waals surface area contributed by atoms with Gasteiger partial charge in [-0.3, -0.25) is 14.4 Å². The number of carbonyl (C=O) groups excluding carboxylic acids is 2. The second-order valence-electron chi connectivity index (χ2n) is 7.50. The highest BCUT2D eigenvalue weighted by Crippen LogP contribution is 2.48. The Morgan fingerprint density at radius 1 is 0.800 bits per heavy atom. The molecule has 2 amide bonds. The molecule has 150 valence electrons.